The molecule has 0 amide bonds. The largest absolute Gasteiger partial charge is 0.386 e. The van der Waals surface area contributed by atoms with E-state index in [0.717, 1.165) is 70.0 Å². The van der Waals surface area contributed by atoms with Crippen molar-refractivity contribution in [1.82, 2.24) is 55.7 Å². The third-order valence-corrected chi connectivity index (χ3v) is 43.0. The van der Waals surface area contributed by atoms with E-state index in [1.165, 1.54) is 45.3 Å². The maximum absolute atomic E-state index is 13.3. The van der Waals surface area contributed by atoms with Gasteiger partial charge in [-0.05, 0) is 172 Å². The summed E-state index contributed by atoms with van der Waals surface area (Å²) in [5.74, 6) is 0. The summed E-state index contributed by atoms with van der Waals surface area (Å²) in [6.45, 7) is 27.8. The first kappa shape index (κ1) is 119. The highest BCUT2D eigenvalue weighted by molar-refractivity contribution is 7.92. The Bertz CT molecular complexity index is 5770. The third kappa shape index (κ3) is 32.9. The van der Waals surface area contributed by atoms with E-state index >= 15 is 0 Å². The highest BCUT2D eigenvalue weighted by Crippen LogP contribution is 2.38. The number of thiophene rings is 4. The Hall–Kier alpha value is -6.32. The van der Waals surface area contributed by atoms with Crippen LogP contribution in [0.1, 0.15) is 77.6 Å². The fourth-order valence-electron chi connectivity index (χ4n) is 19.1. The molecule has 8 fully saturated rings. The molecule has 0 saturated carbocycles. The molecule has 40 nitrogen and oxygen atoms in total. The molecule has 0 unspecified atom stereocenters. The Balaban J connectivity index is 0.000000165. The minimum absolute atomic E-state index is 0.160. The van der Waals surface area contributed by atoms with E-state index in [2.05, 4.69) is 58.1 Å². The monoisotopic (exact) mass is 2290 g/mol. The standard InChI is InChI=1S/4C24H36N4O6S3/c4*1-24(2,29)19-6-8-20(9-7-19)28-11-10-27(37(32,33)23-5-4-14-35-23)17-22(28)16-26-12-13-34-18-21(26)15-25-36(3,30)31/h4*4-9,14,21-22,25,29H,10-13,15-18H2,1-3H3/t2*21-,22+;2*21-,22-/m1100/s1. The summed E-state index contributed by atoms with van der Waals surface area (Å²) in [6, 6.07) is 43.0. The van der Waals surface area contributed by atoms with Gasteiger partial charge in [-0.25, -0.2) is 86.2 Å². The number of morpholine rings is 4. The molecule has 8 saturated heterocycles. The second-order valence-corrected chi connectivity index (χ2v) is 60.2. The molecule has 16 rings (SSSR count). The van der Waals surface area contributed by atoms with Crippen LogP contribution < -0.4 is 38.5 Å². The fourth-order valence-corrected chi connectivity index (χ4v) is 31.5. The summed E-state index contributed by atoms with van der Waals surface area (Å²) < 4.78 is 241. The van der Waals surface area contributed by atoms with Gasteiger partial charge in [0.2, 0.25) is 40.1 Å². The van der Waals surface area contributed by atoms with Crippen LogP contribution in [-0.2, 0) is 122 Å². The quantitative estimate of drug-likeness (QED) is 0.0269. The van der Waals surface area contributed by atoms with Crippen LogP contribution in [0.2, 0.25) is 0 Å². The van der Waals surface area contributed by atoms with Gasteiger partial charge in [0.1, 0.15) is 16.8 Å². The van der Waals surface area contributed by atoms with Crippen LogP contribution in [0.15, 0.2) is 184 Å². The number of nitrogens with one attached hydrogen (secondary N) is 4. The molecule has 0 spiro atoms. The van der Waals surface area contributed by atoms with Gasteiger partial charge < -0.3 is 59.0 Å². The van der Waals surface area contributed by atoms with E-state index in [1.807, 2.05) is 97.1 Å². The fraction of sp³-hybridized carbons (Fsp3) is 0.583. The molecule has 52 heteroatoms. The van der Waals surface area contributed by atoms with Crippen molar-refractivity contribution >= 4 is 148 Å². The Kier molecular flexibility index (Phi) is 40.3. The summed E-state index contributed by atoms with van der Waals surface area (Å²) in [7, 11) is -27.9. The van der Waals surface area contributed by atoms with E-state index in [4.69, 9.17) is 18.9 Å². The summed E-state index contributed by atoms with van der Waals surface area (Å²) in [5, 5.41) is 48.5. The predicted molar refractivity (Wildman–Crippen MR) is 580 cm³/mol. The molecule has 8 aliphatic rings. The SMILES string of the molecule is CC(C)(O)c1ccc(N2CCN(S(=O)(=O)c3cccs3)C[C@@H]2CN2CCOC[C@@H]2CNS(C)(=O)=O)cc1.CC(C)(O)c1ccc(N2CCN(S(=O)(=O)c3cccs3)C[C@@H]2CN2CCOC[C@@H]2CNS(C)(=O)=O)cc1.CC(C)(O)c1ccc(N2CCN(S(=O)(=O)c3cccs3)C[C@@H]2CN2CCOC[C@H]2CNS(C)(=O)=O)cc1.CC(C)(O)c1ccc(N2CCN(S(=O)(=O)c3cccs3)C[C@@H]2CN2CCOC[C@H]2CNS(C)(=O)=O)cc1. The van der Waals surface area contributed by atoms with Gasteiger partial charge in [0, 0.05) is 204 Å². The number of anilines is 4. The van der Waals surface area contributed by atoms with Crippen LogP contribution in [0.5, 0.6) is 0 Å². The lowest BCUT2D eigenvalue weighted by molar-refractivity contribution is -0.00915. The number of sulfonamides is 8. The molecule has 4 aromatic heterocycles. The summed E-state index contributed by atoms with van der Waals surface area (Å²) in [4.78, 5) is 17.6. The van der Waals surface area contributed by atoms with Crippen LogP contribution >= 0.6 is 45.3 Å². The molecule has 4 aromatic carbocycles. The van der Waals surface area contributed by atoms with Gasteiger partial charge in [-0.1, -0.05) is 72.8 Å². The number of aliphatic hydroxyl groups is 4. The molecule has 8 N–H and O–H groups in total. The lowest BCUT2D eigenvalue weighted by Crippen LogP contribution is -2.61. The van der Waals surface area contributed by atoms with Crippen LogP contribution in [0.25, 0.3) is 0 Å². The Morgan fingerprint density at radius 3 is 0.608 bits per heavy atom. The van der Waals surface area contributed by atoms with Gasteiger partial charge in [0.15, 0.2) is 0 Å². The number of piperazine rings is 4. The Labute approximate surface area is 890 Å². The molecule has 0 aliphatic carbocycles. The minimum Gasteiger partial charge on any atom is -0.386 e. The highest BCUT2D eigenvalue weighted by Gasteiger charge is 2.45. The van der Waals surface area contributed by atoms with Crippen molar-refractivity contribution in [2.45, 2.75) is 143 Å². The summed E-state index contributed by atoms with van der Waals surface area (Å²) in [5.41, 5.74) is 3.15. The topological polar surface area (TPSA) is 478 Å². The predicted octanol–water partition coefficient (Wildman–Crippen LogP) is 4.42. The Morgan fingerprint density at radius 1 is 0.270 bits per heavy atom. The normalized spacial score (nSPS) is 22.9. The van der Waals surface area contributed by atoms with Crippen molar-refractivity contribution in [2.75, 3.05) is 255 Å². The molecule has 148 heavy (non-hydrogen) atoms. The highest BCUT2D eigenvalue weighted by atomic mass is 32.3. The van der Waals surface area contributed by atoms with Crippen LogP contribution in [-0.4, -0.2) is 408 Å². The van der Waals surface area contributed by atoms with Gasteiger partial charge in [0.25, 0.3) is 40.1 Å². The van der Waals surface area contributed by atoms with Crippen LogP contribution in [0.3, 0.4) is 0 Å². The first-order chi connectivity index (χ1) is 69.4. The van der Waals surface area contributed by atoms with E-state index < -0.39 is 103 Å². The van der Waals surface area contributed by atoms with Gasteiger partial charge in [-0.2, -0.15) is 17.2 Å². The van der Waals surface area contributed by atoms with Crippen molar-refractivity contribution in [3.8, 4) is 0 Å². The molecule has 824 valence electrons. The average molecular weight is 2290 g/mol. The third-order valence-electron chi connectivity index (χ3n) is 27.3. The first-order valence-electron chi connectivity index (χ1n) is 49.0. The molecular formula is C96H144N16O24S12. The maximum atomic E-state index is 13.3. The van der Waals surface area contributed by atoms with Gasteiger partial charge >= 0.3 is 0 Å². The summed E-state index contributed by atoms with van der Waals surface area (Å²) >= 11 is 4.85. The van der Waals surface area contributed by atoms with Gasteiger partial charge in [0.05, 0.1) is 124 Å². The van der Waals surface area contributed by atoms with E-state index in [-0.39, 0.29) is 74.5 Å². The zero-order valence-electron chi connectivity index (χ0n) is 85.6. The van der Waals surface area contributed by atoms with Gasteiger partial charge in [-0.3, -0.25) is 19.6 Å². The van der Waals surface area contributed by atoms with E-state index in [9.17, 15) is 87.8 Å². The Morgan fingerprint density at radius 2 is 0.453 bits per heavy atom. The average Bonchev–Trinajstić information content (AvgIpc) is 1.12. The van der Waals surface area contributed by atoms with Crippen LogP contribution in [0, 0.1) is 0 Å². The van der Waals surface area contributed by atoms with E-state index in [0.29, 0.717) is 201 Å². The van der Waals surface area contributed by atoms with Crippen LogP contribution in [0.4, 0.5) is 22.7 Å². The van der Waals surface area contributed by atoms with Crippen molar-refractivity contribution in [2.24, 2.45) is 0 Å². The molecule has 8 aliphatic heterocycles. The molecule has 12 heterocycles. The zero-order valence-corrected chi connectivity index (χ0v) is 95.4. The second-order valence-electron chi connectivity index (χ2n) is 40.4. The van der Waals surface area contributed by atoms with Crippen molar-refractivity contribution in [3.63, 3.8) is 0 Å². The molecule has 8 atom stereocenters. The number of hydrogen-bond acceptors (Lipinski definition) is 36. The number of benzene rings is 4. The zero-order chi connectivity index (χ0) is 107. The lowest BCUT2D eigenvalue weighted by Gasteiger charge is -2.46. The molecule has 0 radical (unpaired) electrons. The van der Waals surface area contributed by atoms with Crippen molar-refractivity contribution in [1.29, 1.82) is 0 Å². The summed E-state index contributed by atoms with van der Waals surface area (Å²) in [6.07, 6.45) is 4.53. The maximum Gasteiger partial charge on any atom is 0.252 e. The molecule has 8 aromatic rings. The number of hydrogen-bond donors (Lipinski definition) is 8. The molecular weight excluding hydrogens is 2150 g/mol. The molecule has 0 bridgehead atoms. The number of nitrogens with zero attached hydrogens (tertiary/aromatic N) is 12. The minimum atomic E-state index is -3.61. The first-order valence-corrected chi connectivity index (χ1v) is 65.8. The van der Waals surface area contributed by atoms with Crippen molar-refractivity contribution in [3.05, 3.63) is 189 Å². The van der Waals surface area contributed by atoms with Crippen molar-refractivity contribution < 1.29 is 107 Å². The van der Waals surface area contributed by atoms with Gasteiger partial charge in [-0.15, -0.1) is 45.3 Å². The smallest absolute Gasteiger partial charge is 0.252 e. The van der Waals surface area contributed by atoms with E-state index in [1.54, 1.807) is 143 Å². The number of rotatable bonds is 36. The second kappa shape index (κ2) is 50.3. The lowest BCUT2D eigenvalue weighted by atomic mass is 9.98. The number of ether oxygens (including phenoxy) is 4.